The van der Waals surface area contributed by atoms with Crippen molar-refractivity contribution in [3.05, 3.63) is 42.0 Å². The van der Waals surface area contributed by atoms with E-state index in [9.17, 15) is 0 Å². The molecule has 0 saturated carbocycles. The summed E-state index contributed by atoms with van der Waals surface area (Å²) in [7, 11) is 1.74. The third-order valence-corrected chi connectivity index (χ3v) is 2.03. The molecular weight excluding hydrogens is 160 g/mol. The van der Waals surface area contributed by atoms with Gasteiger partial charge < -0.3 is 4.74 Å². The third-order valence-electron chi connectivity index (χ3n) is 2.03. The highest BCUT2D eigenvalue weighted by Crippen LogP contribution is 2.07. The maximum atomic E-state index is 4.99. The van der Waals surface area contributed by atoms with Crippen molar-refractivity contribution in [1.82, 2.24) is 0 Å². The molecule has 1 aromatic rings. The van der Waals surface area contributed by atoms with Gasteiger partial charge in [-0.05, 0) is 24.0 Å². The molecule has 70 valence electrons. The molecule has 0 aliphatic rings. The van der Waals surface area contributed by atoms with E-state index in [4.69, 9.17) is 4.74 Å². The molecule has 0 fully saturated rings. The van der Waals surface area contributed by atoms with Gasteiger partial charge in [0.25, 0.3) is 0 Å². The quantitative estimate of drug-likeness (QED) is 0.627. The maximum Gasteiger partial charge on any atom is 0.0465 e. The minimum absolute atomic E-state index is 0.837. The van der Waals surface area contributed by atoms with Crippen molar-refractivity contribution in [2.75, 3.05) is 13.7 Å². The Morgan fingerprint density at radius 3 is 2.54 bits per heavy atom. The monoisotopic (exact) mass is 176 g/mol. The molecule has 0 spiro atoms. The molecule has 0 atom stereocenters. The predicted molar refractivity (Wildman–Crippen MR) is 56.7 cm³/mol. The molecule has 0 N–H and O–H groups in total. The van der Waals surface area contributed by atoms with E-state index in [1.54, 1.807) is 7.11 Å². The van der Waals surface area contributed by atoms with Crippen LogP contribution in [-0.2, 0) is 11.2 Å². The smallest absolute Gasteiger partial charge is 0.0465 e. The molecule has 0 aliphatic heterocycles. The Morgan fingerprint density at radius 1 is 1.31 bits per heavy atom. The second-order valence-electron chi connectivity index (χ2n) is 3.04. The van der Waals surface area contributed by atoms with Crippen LogP contribution in [0.25, 0.3) is 6.08 Å². The van der Waals surface area contributed by atoms with E-state index in [1.807, 2.05) is 6.08 Å². The Labute approximate surface area is 80.0 Å². The van der Waals surface area contributed by atoms with Gasteiger partial charge in [0.05, 0.1) is 0 Å². The van der Waals surface area contributed by atoms with Crippen LogP contribution in [0.3, 0.4) is 0 Å². The molecule has 0 aromatic heterocycles. The molecule has 1 nitrogen and oxygen atoms in total. The predicted octanol–water partition coefficient (Wildman–Crippen LogP) is 2.91. The molecular formula is C12H16O. The van der Waals surface area contributed by atoms with Gasteiger partial charge in [-0.15, -0.1) is 0 Å². The van der Waals surface area contributed by atoms with Crippen LogP contribution >= 0.6 is 0 Å². The number of rotatable bonds is 5. The van der Waals surface area contributed by atoms with Gasteiger partial charge in [0.2, 0.25) is 0 Å². The standard InChI is InChI=1S/C12H16O/c1-3-11-6-8-12(9-7-11)5-4-10-13-2/h3,6-9H,1,4-5,10H2,2H3. The number of hydrogen-bond acceptors (Lipinski definition) is 1. The number of hydrogen-bond donors (Lipinski definition) is 0. The lowest BCUT2D eigenvalue weighted by Crippen LogP contribution is -1.92. The highest BCUT2D eigenvalue weighted by atomic mass is 16.5. The molecule has 0 bridgehead atoms. The van der Waals surface area contributed by atoms with E-state index in [-0.39, 0.29) is 0 Å². The molecule has 1 heteroatoms. The summed E-state index contributed by atoms with van der Waals surface area (Å²) in [5.41, 5.74) is 2.54. The van der Waals surface area contributed by atoms with Crippen molar-refractivity contribution in [3.63, 3.8) is 0 Å². The Hall–Kier alpha value is -1.08. The lowest BCUT2D eigenvalue weighted by Gasteiger charge is -2.01. The van der Waals surface area contributed by atoms with E-state index in [1.165, 1.54) is 11.1 Å². The van der Waals surface area contributed by atoms with Crippen LogP contribution in [0.4, 0.5) is 0 Å². The van der Waals surface area contributed by atoms with Gasteiger partial charge in [0, 0.05) is 13.7 Å². The summed E-state index contributed by atoms with van der Waals surface area (Å²) < 4.78 is 4.99. The third kappa shape index (κ3) is 3.43. The summed E-state index contributed by atoms with van der Waals surface area (Å²) in [6.45, 7) is 4.55. The normalized spacial score (nSPS) is 9.92. The van der Waals surface area contributed by atoms with Crippen LogP contribution < -0.4 is 0 Å². The second-order valence-corrected chi connectivity index (χ2v) is 3.04. The minimum atomic E-state index is 0.837. The van der Waals surface area contributed by atoms with Crippen molar-refractivity contribution in [2.45, 2.75) is 12.8 Å². The Morgan fingerprint density at radius 2 is 2.00 bits per heavy atom. The van der Waals surface area contributed by atoms with Crippen LogP contribution in [0.1, 0.15) is 17.5 Å². The minimum Gasteiger partial charge on any atom is -0.385 e. The first-order chi connectivity index (χ1) is 6.36. The Kier molecular flexibility index (Phi) is 4.27. The van der Waals surface area contributed by atoms with E-state index < -0.39 is 0 Å². The molecule has 0 radical (unpaired) electrons. The molecule has 0 heterocycles. The maximum absolute atomic E-state index is 4.99. The number of methoxy groups -OCH3 is 1. The highest BCUT2D eigenvalue weighted by molar-refractivity contribution is 5.47. The SMILES string of the molecule is C=Cc1ccc(CCCOC)cc1. The first-order valence-corrected chi connectivity index (χ1v) is 4.57. The van der Waals surface area contributed by atoms with Gasteiger partial charge in [-0.3, -0.25) is 0 Å². The van der Waals surface area contributed by atoms with Gasteiger partial charge in [0.15, 0.2) is 0 Å². The summed E-state index contributed by atoms with van der Waals surface area (Å²) in [5, 5.41) is 0. The highest BCUT2D eigenvalue weighted by Gasteiger charge is 1.92. The lowest BCUT2D eigenvalue weighted by molar-refractivity contribution is 0.195. The summed E-state index contributed by atoms with van der Waals surface area (Å²) in [6, 6.07) is 8.48. The fraction of sp³-hybridized carbons (Fsp3) is 0.333. The van der Waals surface area contributed by atoms with Gasteiger partial charge >= 0.3 is 0 Å². The number of ether oxygens (including phenoxy) is 1. The average molecular weight is 176 g/mol. The first kappa shape index (κ1) is 10.0. The molecule has 1 aromatic carbocycles. The zero-order valence-electron chi connectivity index (χ0n) is 8.12. The summed E-state index contributed by atoms with van der Waals surface area (Å²) >= 11 is 0. The van der Waals surface area contributed by atoms with Crippen molar-refractivity contribution in [3.8, 4) is 0 Å². The zero-order chi connectivity index (χ0) is 9.52. The molecule has 0 saturated heterocycles. The summed E-state index contributed by atoms with van der Waals surface area (Å²) in [6.07, 6.45) is 4.04. The topological polar surface area (TPSA) is 9.23 Å². The van der Waals surface area contributed by atoms with Gasteiger partial charge in [-0.25, -0.2) is 0 Å². The van der Waals surface area contributed by atoms with Crippen molar-refractivity contribution in [1.29, 1.82) is 0 Å². The fourth-order valence-electron chi connectivity index (χ4n) is 1.24. The van der Waals surface area contributed by atoms with Crippen LogP contribution in [0, 0.1) is 0 Å². The van der Waals surface area contributed by atoms with Crippen molar-refractivity contribution in [2.24, 2.45) is 0 Å². The number of aryl methyl sites for hydroxylation is 1. The zero-order valence-corrected chi connectivity index (χ0v) is 8.12. The Balaban J connectivity index is 2.44. The van der Waals surface area contributed by atoms with Crippen LogP contribution in [0.2, 0.25) is 0 Å². The van der Waals surface area contributed by atoms with E-state index in [2.05, 4.69) is 30.8 Å². The molecule has 13 heavy (non-hydrogen) atoms. The molecule has 1 rings (SSSR count). The van der Waals surface area contributed by atoms with Gasteiger partial charge in [0.1, 0.15) is 0 Å². The largest absolute Gasteiger partial charge is 0.385 e. The summed E-state index contributed by atoms with van der Waals surface area (Å²) in [4.78, 5) is 0. The van der Waals surface area contributed by atoms with Crippen LogP contribution in [0.15, 0.2) is 30.8 Å². The molecule has 0 unspecified atom stereocenters. The van der Waals surface area contributed by atoms with E-state index in [0.717, 1.165) is 19.4 Å². The number of benzene rings is 1. The summed E-state index contributed by atoms with van der Waals surface area (Å²) in [5.74, 6) is 0. The molecule has 0 aliphatic carbocycles. The van der Waals surface area contributed by atoms with Crippen molar-refractivity contribution >= 4 is 6.08 Å². The van der Waals surface area contributed by atoms with Crippen LogP contribution in [0.5, 0.6) is 0 Å². The molecule has 0 amide bonds. The van der Waals surface area contributed by atoms with Crippen molar-refractivity contribution < 1.29 is 4.74 Å². The van der Waals surface area contributed by atoms with E-state index in [0.29, 0.717) is 0 Å². The van der Waals surface area contributed by atoms with Crippen LogP contribution in [-0.4, -0.2) is 13.7 Å². The van der Waals surface area contributed by atoms with Gasteiger partial charge in [-0.2, -0.15) is 0 Å². The first-order valence-electron chi connectivity index (χ1n) is 4.57. The second kappa shape index (κ2) is 5.55. The fourth-order valence-corrected chi connectivity index (χ4v) is 1.24. The Bertz CT molecular complexity index is 248. The lowest BCUT2D eigenvalue weighted by atomic mass is 10.1. The van der Waals surface area contributed by atoms with E-state index >= 15 is 0 Å². The average Bonchev–Trinajstić information content (AvgIpc) is 2.19. The van der Waals surface area contributed by atoms with Gasteiger partial charge in [-0.1, -0.05) is 36.9 Å².